The minimum atomic E-state index is -0.486. The number of benzene rings is 1. The van der Waals surface area contributed by atoms with Gasteiger partial charge in [0.15, 0.2) is 0 Å². The quantitative estimate of drug-likeness (QED) is 0.826. The Morgan fingerprint density at radius 3 is 2.53 bits per heavy atom. The number of hydrogen-bond donors (Lipinski definition) is 2. The summed E-state index contributed by atoms with van der Waals surface area (Å²) in [6, 6.07) is 2.71. The Bertz CT molecular complexity index is 388. The molecule has 0 amide bonds. The molecule has 1 aromatic carbocycles. The highest BCUT2D eigenvalue weighted by atomic mass is 79.9. The van der Waals surface area contributed by atoms with Gasteiger partial charge in [-0.1, -0.05) is 12.8 Å². The molecule has 0 bridgehead atoms. The van der Waals surface area contributed by atoms with Crippen molar-refractivity contribution in [2.24, 2.45) is 5.73 Å². The van der Waals surface area contributed by atoms with Crippen molar-refractivity contribution in [3.8, 4) is 5.75 Å². The molecule has 0 atom stereocenters. The van der Waals surface area contributed by atoms with Gasteiger partial charge < -0.3 is 10.8 Å². The highest BCUT2D eigenvalue weighted by Crippen LogP contribution is 2.41. The van der Waals surface area contributed by atoms with Crippen LogP contribution in [-0.4, -0.2) is 5.11 Å². The smallest absolute Gasteiger partial charge is 0.141 e. The molecule has 0 unspecified atom stereocenters. The third-order valence-electron chi connectivity index (χ3n) is 3.07. The number of phenols is 1. The van der Waals surface area contributed by atoms with Crippen LogP contribution in [0.25, 0.3) is 0 Å². The van der Waals surface area contributed by atoms with Crippen LogP contribution in [0.4, 0.5) is 4.39 Å². The fraction of sp³-hybridized carbons (Fsp3) is 0.455. The Kier molecular flexibility index (Phi) is 2.73. The lowest BCUT2D eigenvalue weighted by atomic mass is 9.89. The Labute approximate surface area is 96.4 Å². The molecule has 0 spiro atoms. The van der Waals surface area contributed by atoms with E-state index in [2.05, 4.69) is 15.9 Å². The average Bonchev–Trinajstić information content (AvgIpc) is 2.60. The van der Waals surface area contributed by atoms with Crippen LogP contribution < -0.4 is 5.73 Å². The molecule has 3 N–H and O–H groups in total. The average molecular weight is 274 g/mol. The monoisotopic (exact) mass is 273 g/mol. The van der Waals surface area contributed by atoms with Gasteiger partial charge in [-0.2, -0.15) is 0 Å². The summed E-state index contributed by atoms with van der Waals surface area (Å²) in [7, 11) is 0. The van der Waals surface area contributed by atoms with Crippen LogP contribution in [0.1, 0.15) is 31.2 Å². The van der Waals surface area contributed by atoms with Crippen LogP contribution in [0.2, 0.25) is 0 Å². The number of phenolic OH excluding ortho intramolecular Hbond substituents is 1. The second-order valence-corrected chi connectivity index (χ2v) is 5.00. The zero-order chi connectivity index (χ0) is 11.1. The fourth-order valence-corrected chi connectivity index (χ4v) is 2.55. The van der Waals surface area contributed by atoms with E-state index in [9.17, 15) is 9.50 Å². The normalized spacial score (nSPS) is 19.4. The molecule has 2 nitrogen and oxygen atoms in total. The van der Waals surface area contributed by atoms with Crippen molar-refractivity contribution < 1.29 is 9.50 Å². The lowest BCUT2D eigenvalue weighted by Gasteiger charge is -2.25. The highest BCUT2D eigenvalue weighted by Gasteiger charge is 2.34. The lowest BCUT2D eigenvalue weighted by Crippen LogP contribution is -2.33. The molecule has 0 saturated heterocycles. The number of nitrogens with two attached hydrogens (primary N) is 1. The summed E-state index contributed by atoms with van der Waals surface area (Å²) in [4.78, 5) is 0. The predicted octanol–water partition coefficient (Wildman–Crippen LogP) is 3.02. The molecule has 0 heterocycles. The van der Waals surface area contributed by atoms with Crippen molar-refractivity contribution in [3.63, 3.8) is 0 Å². The number of aromatic hydroxyl groups is 1. The van der Waals surface area contributed by atoms with E-state index in [1.807, 2.05) is 0 Å². The molecular formula is C11H13BrFNO. The Hall–Kier alpha value is -0.610. The first-order valence-corrected chi connectivity index (χ1v) is 5.80. The van der Waals surface area contributed by atoms with Gasteiger partial charge in [-0.05, 0) is 34.8 Å². The zero-order valence-corrected chi connectivity index (χ0v) is 9.85. The summed E-state index contributed by atoms with van der Waals surface area (Å²) >= 11 is 3.11. The first kappa shape index (κ1) is 10.9. The molecule has 2 rings (SSSR count). The second kappa shape index (κ2) is 3.76. The molecule has 1 aliphatic carbocycles. The van der Waals surface area contributed by atoms with Gasteiger partial charge in [0.05, 0.1) is 4.47 Å². The van der Waals surface area contributed by atoms with E-state index in [1.165, 1.54) is 0 Å². The van der Waals surface area contributed by atoms with Crippen LogP contribution in [0.15, 0.2) is 16.6 Å². The summed E-state index contributed by atoms with van der Waals surface area (Å²) in [6.45, 7) is 0. The summed E-state index contributed by atoms with van der Waals surface area (Å²) in [5.41, 5.74) is 6.36. The molecule has 1 saturated carbocycles. The first-order valence-electron chi connectivity index (χ1n) is 5.00. The van der Waals surface area contributed by atoms with Gasteiger partial charge in [0.25, 0.3) is 0 Å². The summed E-state index contributed by atoms with van der Waals surface area (Å²) in [6.07, 6.45) is 3.81. The molecule has 1 aliphatic rings. The van der Waals surface area contributed by atoms with Crippen LogP contribution in [-0.2, 0) is 5.54 Å². The van der Waals surface area contributed by atoms with Crippen LogP contribution in [0.5, 0.6) is 5.75 Å². The number of rotatable bonds is 1. The van der Waals surface area contributed by atoms with Gasteiger partial charge in [-0.15, -0.1) is 0 Å². The minimum absolute atomic E-state index is 0.0416. The van der Waals surface area contributed by atoms with Crippen molar-refractivity contribution in [3.05, 3.63) is 28.0 Å². The lowest BCUT2D eigenvalue weighted by molar-refractivity contribution is 0.405. The van der Waals surface area contributed by atoms with Crippen molar-refractivity contribution in [2.75, 3.05) is 0 Å². The summed E-state index contributed by atoms with van der Waals surface area (Å²) in [5.74, 6) is -0.502. The Morgan fingerprint density at radius 1 is 1.33 bits per heavy atom. The molecule has 4 heteroatoms. The van der Waals surface area contributed by atoms with Gasteiger partial charge in [-0.25, -0.2) is 4.39 Å². The number of halogens is 2. The van der Waals surface area contributed by atoms with Gasteiger partial charge >= 0.3 is 0 Å². The van der Waals surface area contributed by atoms with Crippen LogP contribution in [0.3, 0.4) is 0 Å². The molecule has 0 radical (unpaired) electrons. The van der Waals surface area contributed by atoms with E-state index < -0.39 is 11.4 Å². The van der Waals surface area contributed by atoms with Gasteiger partial charge in [0.2, 0.25) is 0 Å². The third-order valence-corrected chi connectivity index (χ3v) is 3.68. The van der Waals surface area contributed by atoms with E-state index in [0.29, 0.717) is 10.0 Å². The maximum atomic E-state index is 13.1. The number of hydrogen-bond acceptors (Lipinski definition) is 2. The molecule has 15 heavy (non-hydrogen) atoms. The van der Waals surface area contributed by atoms with E-state index in [4.69, 9.17) is 5.73 Å². The predicted molar refractivity (Wildman–Crippen MR) is 60.1 cm³/mol. The van der Waals surface area contributed by atoms with Crippen molar-refractivity contribution >= 4 is 15.9 Å². The second-order valence-electron chi connectivity index (χ2n) is 4.15. The van der Waals surface area contributed by atoms with Crippen LogP contribution in [0, 0.1) is 5.82 Å². The molecule has 1 aromatic rings. The Morgan fingerprint density at radius 2 is 1.93 bits per heavy atom. The maximum Gasteiger partial charge on any atom is 0.141 e. The standard InChI is InChI=1S/C11H13BrFNO/c12-8-5-7(10(15)6-9(8)13)11(14)3-1-2-4-11/h5-6,15H,1-4,14H2. The Balaban J connectivity index is 2.48. The maximum absolute atomic E-state index is 13.1. The summed E-state index contributed by atoms with van der Waals surface area (Å²) in [5, 5.41) is 9.70. The van der Waals surface area contributed by atoms with Gasteiger partial charge in [-0.3, -0.25) is 0 Å². The third kappa shape index (κ3) is 1.88. The molecular weight excluding hydrogens is 261 g/mol. The van der Waals surface area contributed by atoms with Gasteiger partial charge in [0.1, 0.15) is 11.6 Å². The van der Waals surface area contributed by atoms with Crippen LogP contribution >= 0.6 is 15.9 Å². The van der Waals surface area contributed by atoms with Crippen molar-refractivity contribution in [1.29, 1.82) is 0 Å². The minimum Gasteiger partial charge on any atom is -0.507 e. The molecule has 1 fully saturated rings. The molecule has 0 aliphatic heterocycles. The highest BCUT2D eigenvalue weighted by molar-refractivity contribution is 9.10. The van der Waals surface area contributed by atoms with Crippen molar-refractivity contribution in [1.82, 2.24) is 0 Å². The fourth-order valence-electron chi connectivity index (χ4n) is 2.21. The van der Waals surface area contributed by atoms with E-state index in [0.717, 1.165) is 31.7 Å². The zero-order valence-electron chi connectivity index (χ0n) is 8.26. The SMILES string of the molecule is NC1(c2cc(Br)c(F)cc2O)CCCC1. The van der Waals surface area contributed by atoms with E-state index >= 15 is 0 Å². The molecule has 0 aromatic heterocycles. The largest absolute Gasteiger partial charge is 0.507 e. The first-order chi connectivity index (χ1) is 7.03. The van der Waals surface area contributed by atoms with E-state index in [-0.39, 0.29) is 5.75 Å². The van der Waals surface area contributed by atoms with E-state index in [1.54, 1.807) is 6.07 Å². The topological polar surface area (TPSA) is 46.2 Å². The van der Waals surface area contributed by atoms with Crippen molar-refractivity contribution in [2.45, 2.75) is 31.2 Å². The molecule has 82 valence electrons. The van der Waals surface area contributed by atoms with Gasteiger partial charge in [0, 0.05) is 17.2 Å². The summed E-state index contributed by atoms with van der Waals surface area (Å²) < 4.78 is 13.5.